The standard InChI is InChI=1S/C22H17NOS/c1-24-23-21(17-12-6-3-7-13-17)20(16-10-4-2-5-11-16)18-14-8-9-15-19(18)22(23)25/h2-15H,1H3. The lowest BCUT2D eigenvalue weighted by Gasteiger charge is -2.20. The molecule has 3 aromatic carbocycles. The Bertz CT molecular complexity index is 1090. The lowest BCUT2D eigenvalue weighted by atomic mass is 9.94. The quantitative estimate of drug-likeness (QED) is 0.439. The molecule has 1 aromatic heterocycles. The van der Waals surface area contributed by atoms with Crippen molar-refractivity contribution >= 4 is 23.0 Å². The van der Waals surface area contributed by atoms with Crippen LogP contribution < -0.4 is 4.84 Å². The van der Waals surface area contributed by atoms with Crippen molar-refractivity contribution in [1.82, 2.24) is 4.73 Å². The Morgan fingerprint density at radius 2 is 1.20 bits per heavy atom. The van der Waals surface area contributed by atoms with Crippen LogP contribution in [0.2, 0.25) is 0 Å². The molecule has 0 aliphatic carbocycles. The Kier molecular flexibility index (Phi) is 4.08. The number of rotatable bonds is 3. The fraction of sp³-hybridized carbons (Fsp3) is 0.0455. The van der Waals surface area contributed by atoms with Crippen LogP contribution in [0, 0.1) is 4.64 Å². The third kappa shape index (κ3) is 2.63. The van der Waals surface area contributed by atoms with Crippen LogP contribution in [0.15, 0.2) is 84.9 Å². The van der Waals surface area contributed by atoms with Gasteiger partial charge in [-0.15, -0.1) is 0 Å². The van der Waals surface area contributed by atoms with Gasteiger partial charge in [0.25, 0.3) is 0 Å². The SMILES string of the molecule is COn1c(-c2ccccc2)c(-c2ccccc2)c2ccccc2c1=S. The van der Waals surface area contributed by atoms with Gasteiger partial charge in [-0.05, 0) is 10.9 Å². The number of aromatic nitrogens is 1. The molecule has 0 spiro atoms. The summed E-state index contributed by atoms with van der Waals surface area (Å²) in [4.78, 5) is 5.71. The molecule has 3 heteroatoms. The molecular weight excluding hydrogens is 326 g/mol. The molecule has 1 heterocycles. The minimum Gasteiger partial charge on any atom is -0.416 e. The van der Waals surface area contributed by atoms with Crippen LogP contribution in [0.5, 0.6) is 0 Å². The second kappa shape index (κ2) is 6.54. The van der Waals surface area contributed by atoms with E-state index in [2.05, 4.69) is 54.6 Å². The van der Waals surface area contributed by atoms with Crippen LogP contribution in [0.3, 0.4) is 0 Å². The maximum atomic E-state index is 5.73. The molecule has 0 atom stereocenters. The molecule has 0 N–H and O–H groups in total. The first kappa shape index (κ1) is 15.6. The van der Waals surface area contributed by atoms with Crippen LogP contribution in [-0.2, 0) is 0 Å². The highest BCUT2D eigenvalue weighted by Crippen LogP contribution is 2.38. The Labute approximate surface area is 151 Å². The lowest BCUT2D eigenvalue weighted by Crippen LogP contribution is -2.13. The minimum absolute atomic E-state index is 0.677. The van der Waals surface area contributed by atoms with E-state index < -0.39 is 0 Å². The summed E-state index contributed by atoms with van der Waals surface area (Å²) in [6.07, 6.45) is 0. The van der Waals surface area contributed by atoms with E-state index in [1.807, 2.05) is 30.3 Å². The summed E-state index contributed by atoms with van der Waals surface area (Å²) in [5.41, 5.74) is 4.30. The molecule has 0 fully saturated rings. The highest BCUT2D eigenvalue weighted by Gasteiger charge is 2.18. The van der Waals surface area contributed by atoms with Gasteiger partial charge in [0.2, 0.25) is 0 Å². The monoisotopic (exact) mass is 343 g/mol. The van der Waals surface area contributed by atoms with Gasteiger partial charge in [0.15, 0.2) is 4.64 Å². The number of fused-ring (bicyclic) bond motifs is 1. The van der Waals surface area contributed by atoms with Gasteiger partial charge >= 0.3 is 0 Å². The van der Waals surface area contributed by atoms with E-state index in [4.69, 9.17) is 17.1 Å². The second-order valence-corrected chi connectivity index (χ2v) is 6.17. The van der Waals surface area contributed by atoms with E-state index in [9.17, 15) is 0 Å². The Morgan fingerprint density at radius 1 is 0.680 bits per heavy atom. The van der Waals surface area contributed by atoms with E-state index >= 15 is 0 Å². The second-order valence-electron chi connectivity index (χ2n) is 5.78. The molecule has 122 valence electrons. The summed E-state index contributed by atoms with van der Waals surface area (Å²) in [5, 5.41) is 2.14. The number of hydrogen-bond acceptors (Lipinski definition) is 2. The van der Waals surface area contributed by atoms with Crippen LogP contribution in [0.4, 0.5) is 0 Å². The molecule has 2 nitrogen and oxygen atoms in total. The van der Waals surface area contributed by atoms with Gasteiger partial charge < -0.3 is 4.84 Å². The fourth-order valence-corrected chi connectivity index (χ4v) is 3.60. The van der Waals surface area contributed by atoms with Gasteiger partial charge in [-0.2, -0.15) is 4.73 Å². The van der Waals surface area contributed by atoms with Crippen molar-refractivity contribution in [3.63, 3.8) is 0 Å². The van der Waals surface area contributed by atoms with Gasteiger partial charge in [0, 0.05) is 16.5 Å². The molecular formula is C22H17NOS. The minimum atomic E-state index is 0.677. The molecule has 0 aliphatic heterocycles. The summed E-state index contributed by atoms with van der Waals surface area (Å²) < 4.78 is 2.44. The zero-order valence-electron chi connectivity index (χ0n) is 13.8. The largest absolute Gasteiger partial charge is 0.416 e. The van der Waals surface area contributed by atoms with Crippen molar-refractivity contribution in [2.24, 2.45) is 0 Å². The predicted octanol–water partition coefficient (Wildman–Crippen LogP) is 5.76. The Hall–Kier alpha value is -2.91. The topological polar surface area (TPSA) is 14.2 Å². The van der Waals surface area contributed by atoms with E-state index in [0.717, 1.165) is 33.2 Å². The zero-order chi connectivity index (χ0) is 17.2. The number of hydrogen-bond donors (Lipinski definition) is 0. The first-order valence-corrected chi connectivity index (χ1v) is 8.55. The maximum Gasteiger partial charge on any atom is 0.151 e. The number of benzene rings is 3. The van der Waals surface area contributed by atoms with E-state index in [-0.39, 0.29) is 0 Å². The molecule has 0 saturated carbocycles. The summed E-state index contributed by atoms with van der Waals surface area (Å²) >= 11 is 5.73. The molecule has 4 rings (SSSR count). The van der Waals surface area contributed by atoms with Crippen molar-refractivity contribution in [3.05, 3.63) is 89.6 Å². The van der Waals surface area contributed by atoms with Gasteiger partial charge in [-0.1, -0.05) is 97.1 Å². The molecule has 4 aromatic rings. The summed E-state index contributed by atoms with van der Waals surface area (Å²) in [6.45, 7) is 0. The smallest absolute Gasteiger partial charge is 0.151 e. The average Bonchev–Trinajstić information content (AvgIpc) is 2.69. The van der Waals surface area contributed by atoms with Crippen LogP contribution in [-0.4, -0.2) is 11.8 Å². The van der Waals surface area contributed by atoms with Crippen molar-refractivity contribution in [2.45, 2.75) is 0 Å². The zero-order valence-corrected chi connectivity index (χ0v) is 14.7. The molecule has 0 unspecified atom stereocenters. The van der Waals surface area contributed by atoms with Gasteiger partial charge in [0.1, 0.15) is 7.11 Å². The third-order valence-electron chi connectivity index (χ3n) is 4.34. The lowest BCUT2D eigenvalue weighted by molar-refractivity contribution is 0.168. The Balaban J connectivity index is 2.24. The van der Waals surface area contributed by atoms with Crippen molar-refractivity contribution in [2.75, 3.05) is 7.11 Å². The van der Waals surface area contributed by atoms with Crippen LogP contribution >= 0.6 is 12.2 Å². The van der Waals surface area contributed by atoms with Gasteiger partial charge in [0.05, 0.1) is 5.69 Å². The van der Waals surface area contributed by atoms with E-state index in [1.165, 1.54) is 0 Å². The predicted molar refractivity (Wildman–Crippen MR) is 106 cm³/mol. The normalized spacial score (nSPS) is 10.8. The summed E-state index contributed by atoms with van der Waals surface area (Å²) in [7, 11) is 1.66. The fourth-order valence-electron chi connectivity index (χ4n) is 3.26. The molecule has 0 bridgehead atoms. The van der Waals surface area contributed by atoms with Gasteiger partial charge in [-0.25, -0.2) is 0 Å². The highest BCUT2D eigenvalue weighted by atomic mass is 32.1. The molecule has 0 radical (unpaired) electrons. The maximum absolute atomic E-state index is 5.73. The molecule has 0 saturated heterocycles. The number of nitrogens with zero attached hydrogens (tertiary/aromatic N) is 1. The molecule has 25 heavy (non-hydrogen) atoms. The third-order valence-corrected chi connectivity index (χ3v) is 4.73. The average molecular weight is 343 g/mol. The van der Waals surface area contributed by atoms with E-state index in [0.29, 0.717) is 4.64 Å². The van der Waals surface area contributed by atoms with Crippen molar-refractivity contribution in [1.29, 1.82) is 0 Å². The number of pyridine rings is 1. The highest BCUT2D eigenvalue weighted by molar-refractivity contribution is 7.71. The first-order chi connectivity index (χ1) is 12.3. The van der Waals surface area contributed by atoms with Crippen LogP contribution in [0.25, 0.3) is 33.2 Å². The molecule has 0 amide bonds. The first-order valence-electron chi connectivity index (χ1n) is 8.14. The Morgan fingerprint density at radius 3 is 1.80 bits per heavy atom. The molecule has 0 aliphatic rings. The van der Waals surface area contributed by atoms with Crippen molar-refractivity contribution in [3.8, 4) is 22.4 Å². The van der Waals surface area contributed by atoms with Crippen molar-refractivity contribution < 1.29 is 4.84 Å². The van der Waals surface area contributed by atoms with Crippen LogP contribution in [0.1, 0.15) is 0 Å². The van der Waals surface area contributed by atoms with E-state index in [1.54, 1.807) is 11.8 Å². The summed E-state index contributed by atoms with van der Waals surface area (Å²) in [5.74, 6) is 0. The summed E-state index contributed by atoms with van der Waals surface area (Å²) in [6, 6.07) is 28.9. The van der Waals surface area contributed by atoms with Gasteiger partial charge in [-0.3, -0.25) is 0 Å².